The molecular weight excluding hydrogens is 438 g/mol. The Morgan fingerprint density at radius 1 is 1.15 bits per heavy atom. The van der Waals surface area contributed by atoms with Gasteiger partial charge in [-0.3, -0.25) is 14.8 Å². The summed E-state index contributed by atoms with van der Waals surface area (Å²) in [6.07, 6.45) is 2.65. The molecule has 1 saturated heterocycles. The van der Waals surface area contributed by atoms with Gasteiger partial charge in [0.05, 0.1) is 22.9 Å². The number of carbonyl (C=O) groups is 1. The summed E-state index contributed by atoms with van der Waals surface area (Å²) in [7, 11) is 0. The molecular formula is C25H26F2N6O. The smallest absolute Gasteiger partial charge is 0.261 e. The summed E-state index contributed by atoms with van der Waals surface area (Å²) in [6, 6.07) is 9.41. The molecule has 4 aromatic rings. The summed E-state index contributed by atoms with van der Waals surface area (Å²) in [5.41, 5.74) is 2.86. The standard InChI is InChI=1S/C25H26F2N6O/c1-14-8-15(2)12-33(11-14)13-16-6-7-19-20(9-16)30-24(29-19)23-21(10-28-32-23)31-25(34)22-17(26)4-3-5-18(22)27/h3-7,9-10,14-15H,8,11-13H2,1-2H3,(H,28,32)(H,29,30)(H,31,34)/t14-,15+. The normalized spacial score (nSPS) is 18.9. The van der Waals surface area contributed by atoms with Crippen LogP contribution < -0.4 is 5.32 Å². The quantitative estimate of drug-likeness (QED) is 0.389. The number of anilines is 1. The van der Waals surface area contributed by atoms with Gasteiger partial charge >= 0.3 is 0 Å². The second-order valence-corrected chi connectivity index (χ2v) is 9.29. The van der Waals surface area contributed by atoms with Gasteiger partial charge < -0.3 is 10.3 Å². The average molecular weight is 465 g/mol. The zero-order valence-electron chi connectivity index (χ0n) is 19.0. The van der Waals surface area contributed by atoms with Crippen LogP contribution in [0.1, 0.15) is 36.2 Å². The van der Waals surface area contributed by atoms with Crippen molar-refractivity contribution in [2.75, 3.05) is 18.4 Å². The molecule has 9 heteroatoms. The third kappa shape index (κ3) is 4.43. The lowest BCUT2D eigenvalue weighted by Crippen LogP contribution is -2.38. The van der Waals surface area contributed by atoms with Gasteiger partial charge in [0, 0.05) is 19.6 Å². The number of imidazole rings is 1. The van der Waals surface area contributed by atoms with Gasteiger partial charge in [-0.25, -0.2) is 13.8 Å². The fraction of sp³-hybridized carbons (Fsp3) is 0.320. The monoisotopic (exact) mass is 464 g/mol. The van der Waals surface area contributed by atoms with E-state index in [0.29, 0.717) is 23.4 Å². The van der Waals surface area contributed by atoms with Gasteiger partial charge in [-0.2, -0.15) is 5.10 Å². The van der Waals surface area contributed by atoms with Crippen molar-refractivity contribution in [3.8, 4) is 11.5 Å². The molecule has 5 rings (SSSR count). The second kappa shape index (κ2) is 8.98. The molecule has 7 nitrogen and oxygen atoms in total. The van der Waals surface area contributed by atoms with Crippen LogP contribution in [-0.2, 0) is 6.54 Å². The molecule has 0 spiro atoms. The van der Waals surface area contributed by atoms with Crippen molar-refractivity contribution in [1.82, 2.24) is 25.1 Å². The van der Waals surface area contributed by atoms with Gasteiger partial charge in [-0.15, -0.1) is 0 Å². The molecule has 1 fully saturated rings. The van der Waals surface area contributed by atoms with Crippen molar-refractivity contribution in [2.45, 2.75) is 26.8 Å². The molecule has 1 aliphatic heterocycles. The largest absolute Gasteiger partial charge is 0.337 e. The lowest BCUT2D eigenvalue weighted by Gasteiger charge is -2.35. The maximum Gasteiger partial charge on any atom is 0.261 e. The van der Waals surface area contributed by atoms with Crippen molar-refractivity contribution in [3.63, 3.8) is 0 Å². The van der Waals surface area contributed by atoms with E-state index in [1.165, 1.54) is 24.2 Å². The van der Waals surface area contributed by atoms with Gasteiger partial charge in [-0.1, -0.05) is 26.0 Å². The first-order chi connectivity index (χ1) is 16.4. The minimum atomic E-state index is -0.934. The second-order valence-electron chi connectivity index (χ2n) is 9.29. The number of H-pyrrole nitrogens is 2. The molecule has 2 aromatic carbocycles. The fourth-order valence-corrected chi connectivity index (χ4v) is 4.91. The van der Waals surface area contributed by atoms with Crippen molar-refractivity contribution in [1.29, 1.82) is 0 Å². The van der Waals surface area contributed by atoms with Crippen molar-refractivity contribution < 1.29 is 13.6 Å². The minimum absolute atomic E-state index is 0.267. The third-order valence-electron chi connectivity index (χ3n) is 6.21. The van der Waals surface area contributed by atoms with Crippen LogP contribution in [-0.4, -0.2) is 44.1 Å². The SMILES string of the molecule is C[C@@H]1C[C@H](C)CN(Cc2ccc3nc(-c4[nH]ncc4NC(=O)c4c(F)cccc4F)[nH]c3c2)C1. The number of hydrogen-bond donors (Lipinski definition) is 3. The van der Waals surface area contributed by atoms with E-state index in [4.69, 9.17) is 0 Å². The number of aromatic amines is 2. The molecule has 2 atom stereocenters. The Morgan fingerprint density at radius 3 is 2.62 bits per heavy atom. The van der Waals surface area contributed by atoms with Gasteiger partial charge in [0.15, 0.2) is 5.82 Å². The Morgan fingerprint density at radius 2 is 1.88 bits per heavy atom. The highest BCUT2D eigenvalue weighted by Crippen LogP contribution is 2.28. The highest BCUT2D eigenvalue weighted by Gasteiger charge is 2.23. The maximum atomic E-state index is 14.0. The highest BCUT2D eigenvalue weighted by atomic mass is 19.1. The molecule has 0 radical (unpaired) electrons. The molecule has 2 aromatic heterocycles. The van der Waals surface area contributed by atoms with Gasteiger partial charge in [0.2, 0.25) is 0 Å². The zero-order chi connectivity index (χ0) is 23.8. The lowest BCUT2D eigenvalue weighted by atomic mass is 9.91. The summed E-state index contributed by atoms with van der Waals surface area (Å²) in [5.74, 6) is -0.917. The Hall–Kier alpha value is -3.59. The number of piperidine rings is 1. The maximum absolute atomic E-state index is 14.0. The number of amides is 1. The van der Waals surface area contributed by atoms with Crippen LogP contribution in [0.3, 0.4) is 0 Å². The summed E-state index contributed by atoms with van der Waals surface area (Å²) in [5, 5.41) is 9.31. The van der Waals surface area contributed by atoms with Crippen LogP contribution in [0.5, 0.6) is 0 Å². The molecule has 0 unspecified atom stereocenters. The van der Waals surface area contributed by atoms with E-state index in [2.05, 4.69) is 56.4 Å². The summed E-state index contributed by atoms with van der Waals surface area (Å²) in [6.45, 7) is 7.66. The van der Waals surface area contributed by atoms with Crippen molar-refractivity contribution >= 4 is 22.6 Å². The number of carbonyl (C=O) groups excluding carboxylic acids is 1. The molecule has 0 bridgehead atoms. The topological polar surface area (TPSA) is 89.7 Å². The van der Waals surface area contributed by atoms with Crippen LogP contribution in [0.4, 0.5) is 14.5 Å². The predicted octanol–water partition coefficient (Wildman–Crippen LogP) is 4.96. The predicted molar refractivity (Wildman–Crippen MR) is 126 cm³/mol. The van der Waals surface area contributed by atoms with E-state index in [1.807, 2.05) is 6.07 Å². The Kier molecular flexibility index (Phi) is 5.87. The van der Waals surface area contributed by atoms with E-state index in [-0.39, 0.29) is 5.69 Å². The van der Waals surface area contributed by atoms with Crippen LogP contribution >= 0.6 is 0 Å². The van der Waals surface area contributed by atoms with Gasteiger partial charge in [0.1, 0.15) is 22.9 Å². The van der Waals surface area contributed by atoms with E-state index in [9.17, 15) is 13.6 Å². The lowest BCUT2D eigenvalue weighted by molar-refractivity contribution is 0.101. The Balaban J connectivity index is 1.37. The highest BCUT2D eigenvalue weighted by molar-refractivity contribution is 6.06. The molecule has 0 aliphatic carbocycles. The number of fused-ring (bicyclic) bond motifs is 1. The molecule has 3 heterocycles. The number of hydrogen-bond acceptors (Lipinski definition) is 4. The van der Waals surface area contributed by atoms with Crippen LogP contribution in [0.15, 0.2) is 42.6 Å². The van der Waals surface area contributed by atoms with E-state index in [1.54, 1.807) is 0 Å². The van der Waals surface area contributed by atoms with E-state index < -0.39 is 23.1 Å². The number of benzene rings is 2. The average Bonchev–Trinajstić information content (AvgIpc) is 3.39. The molecule has 3 N–H and O–H groups in total. The number of likely N-dealkylation sites (tertiary alicyclic amines) is 1. The molecule has 1 amide bonds. The first-order valence-electron chi connectivity index (χ1n) is 11.4. The third-order valence-corrected chi connectivity index (χ3v) is 6.21. The van der Waals surface area contributed by atoms with Gasteiger partial charge in [0.25, 0.3) is 5.91 Å². The first kappa shape index (κ1) is 22.2. The number of aromatic nitrogens is 4. The fourth-order valence-electron chi connectivity index (χ4n) is 4.91. The van der Waals surface area contributed by atoms with Crippen molar-refractivity contribution in [2.24, 2.45) is 11.8 Å². The van der Waals surface area contributed by atoms with E-state index in [0.717, 1.165) is 42.8 Å². The first-order valence-corrected chi connectivity index (χ1v) is 11.4. The van der Waals surface area contributed by atoms with Gasteiger partial charge in [-0.05, 0) is 48.1 Å². The number of nitrogens with zero attached hydrogens (tertiary/aromatic N) is 3. The Bertz CT molecular complexity index is 1320. The van der Waals surface area contributed by atoms with Crippen LogP contribution in [0, 0.1) is 23.5 Å². The van der Waals surface area contributed by atoms with Crippen LogP contribution in [0.2, 0.25) is 0 Å². The number of halogens is 2. The minimum Gasteiger partial charge on any atom is -0.337 e. The summed E-state index contributed by atoms with van der Waals surface area (Å²) in [4.78, 5) is 22.9. The molecule has 1 aliphatic rings. The van der Waals surface area contributed by atoms with Crippen LogP contribution in [0.25, 0.3) is 22.6 Å². The summed E-state index contributed by atoms with van der Waals surface area (Å²) < 4.78 is 28.0. The number of rotatable bonds is 5. The van der Waals surface area contributed by atoms with Crippen molar-refractivity contribution in [3.05, 3.63) is 65.4 Å². The summed E-state index contributed by atoms with van der Waals surface area (Å²) >= 11 is 0. The Labute approximate surface area is 195 Å². The number of nitrogens with one attached hydrogen (secondary N) is 3. The molecule has 34 heavy (non-hydrogen) atoms. The van der Waals surface area contributed by atoms with E-state index >= 15 is 0 Å². The molecule has 176 valence electrons. The molecule has 0 saturated carbocycles. The zero-order valence-corrected chi connectivity index (χ0v) is 19.0.